The summed E-state index contributed by atoms with van der Waals surface area (Å²) in [4.78, 5) is 15.6. The quantitative estimate of drug-likeness (QED) is 0.635. The van der Waals surface area contributed by atoms with Crippen LogP contribution in [0.15, 0.2) is 53.7 Å². The Labute approximate surface area is 139 Å². The molecule has 2 aromatic rings. The lowest BCUT2D eigenvalue weighted by atomic mass is 10.1. The maximum Gasteiger partial charge on any atom is 0.123 e. The van der Waals surface area contributed by atoms with E-state index in [4.69, 9.17) is 12.2 Å². The van der Waals surface area contributed by atoms with Gasteiger partial charge in [-0.1, -0.05) is 12.2 Å². The standard InChI is InChI=1S/C17H16FN3OS/c18-14-3-7-16(8-4-14)20-9-11-21(12-10-20)17(23)13-1-5-15(19-22)6-2-13/h1-8H,9-12H2. The summed E-state index contributed by atoms with van der Waals surface area (Å²) in [6.07, 6.45) is 0. The Morgan fingerprint density at radius 1 is 0.957 bits per heavy atom. The molecule has 4 nitrogen and oxygen atoms in total. The van der Waals surface area contributed by atoms with Crippen LogP contribution in [-0.4, -0.2) is 36.1 Å². The van der Waals surface area contributed by atoms with Crippen molar-refractivity contribution in [3.05, 3.63) is 64.8 Å². The van der Waals surface area contributed by atoms with Crippen LogP contribution in [0, 0.1) is 10.7 Å². The summed E-state index contributed by atoms with van der Waals surface area (Å²) >= 11 is 5.54. The molecular weight excluding hydrogens is 313 g/mol. The zero-order chi connectivity index (χ0) is 16.2. The molecule has 1 saturated heterocycles. The van der Waals surface area contributed by atoms with Gasteiger partial charge in [0.1, 0.15) is 16.5 Å². The van der Waals surface area contributed by atoms with Gasteiger partial charge in [0, 0.05) is 37.4 Å². The highest BCUT2D eigenvalue weighted by Gasteiger charge is 2.20. The highest BCUT2D eigenvalue weighted by Crippen LogP contribution is 2.19. The molecule has 6 heteroatoms. The highest BCUT2D eigenvalue weighted by atomic mass is 32.1. The first kappa shape index (κ1) is 15.6. The van der Waals surface area contributed by atoms with E-state index < -0.39 is 0 Å². The largest absolute Gasteiger partial charge is 0.368 e. The van der Waals surface area contributed by atoms with Gasteiger partial charge < -0.3 is 9.80 Å². The number of hydrogen-bond acceptors (Lipinski definition) is 4. The van der Waals surface area contributed by atoms with Crippen LogP contribution >= 0.6 is 12.2 Å². The zero-order valence-corrected chi connectivity index (χ0v) is 13.3. The Balaban J connectivity index is 1.62. The van der Waals surface area contributed by atoms with Gasteiger partial charge in [0.15, 0.2) is 0 Å². The van der Waals surface area contributed by atoms with Gasteiger partial charge in [0.05, 0.1) is 0 Å². The fraction of sp³-hybridized carbons (Fsp3) is 0.235. The first-order chi connectivity index (χ1) is 11.2. The number of anilines is 1. The number of thiocarbonyl (C=S) groups is 1. The third-order valence-corrected chi connectivity index (χ3v) is 4.47. The summed E-state index contributed by atoms with van der Waals surface area (Å²) in [5, 5.41) is 2.89. The predicted octanol–water partition coefficient (Wildman–Crippen LogP) is 3.72. The van der Waals surface area contributed by atoms with Gasteiger partial charge in [-0.15, -0.1) is 4.91 Å². The van der Waals surface area contributed by atoms with Crippen LogP contribution in [0.25, 0.3) is 0 Å². The van der Waals surface area contributed by atoms with Gasteiger partial charge in [-0.3, -0.25) is 0 Å². The minimum atomic E-state index is -0.221. The number of hydrogen-bond donors (Lipinski definition) is 0. The van der Waals surface area contributed by atoms with Crippen molar-refractivity contribution in [3.63, 3.8) is 0 Å². The van der Waals surface area contributed by atoms with E-state index >= 15 is 0 Å². The number of benzene rings is 2. The normalized spacial score (nSPS) is 14.7. The number of nitroso groups, excluding NO2 is 1. The minimum Gasteiger partial charge on any atom is -0.368 e. The average Bonchev–Trinajstić information content (AvgIpc) is 2.62. The highest BCUT2D eigenvalue weighted by molar-refractivity contribution is 7.80. The summed E-state index contributed by atoms with van der Waals surface area (Å²) in [6.45, 7) is 3.29. The van der Waals surface area contributed by atoms with Gasteiger partial charge in [-0.05, 0) is 53.7 Å². The van der Waals surface area contributed by atoms with E-state index in [9.17, 15) is 9.30 Å². The number of nitrogens with zero attached hydrogens (tertiary/aromatic N) is 3. The smallest absolute Gasteiger partial charge is 0.123 e. The second kappa shape index (κ2) is 6.83. The monoisotopic (exact) mass is 329 g/mol. The first-order valence-corrected chi connectivity index (χ1v) is 7.81. The fourth-order valence-electron chi connectivity index (χ4n) is 2.67. The summed E-state index contributed by atoms with van der Waals surface area (Å²) in [5.74, 6) is -0.221. The molecule has 0 amide bonds. The molecule has 0 N–H and O–H groups in total. The SMILES string of the molecule is O=Nc1ccc(C(=S)N2CCN(c3ccc(F)cc3)CC2)cc1. The molecule has 118 valence electrons. The van der Waals surface area contributed by atoms with Crippen LogP contribution in [0.4, 0.5) is 15.8 Å². The molecule has 0 spiro atoms. The number of halogens is 1. The van der Waals surface area contributed by atoms with Crippen molar-refractivity contribution >= 4 is 28.6 Å². The fourth-order valence-corrected chi connectivity index (χ4v) is 2.99. The first-order valence-electron chi connectivity index (χ1n) is 7.40. The maximum atomic E-state index is 13.0. The van der Waals surface area contributed by atoms with E-state index in [2.05, 4.69) is 15.0 Å². The second-order valence-corrected chi connectivity index (χ2v) is 5.78. The molecule has 1 aliphatic rings. The van der Waals surface area contributed by atoms with Gasteiger partial charge >= 0.3 is 0 Å². The Kier molecular flexibility index (Phi) is 4.62. The lowest BCUT2D eigenvalue weighted by Gasteiger charge is -2.37. The molecule has 0 bridgehead atoms. The molecule has 0 atom stereocenters. The molecule has 0 aliphatic carbocycles. The third kappa shape index (κ3) is 3.53. The van der Waals surface area contributed by atoms with Gasteiger partial charge in [-0.25, -0.2) is 4.39 Å². The average molecular weight is 329 g/mol. The maximum absolute atomic E-state index is 13.0. The van der Waals surface area contributed by atoms with Crippen LogP contribution in [0.2, 0.25) is 0 Å². The molecular formula is C17H16FN3OS. The van der Waals surface area contributed by atoms with Crippen LogP contribution in [0.1, 0.15) is 5.56 Å². The Bertz CT molecular complexity index is 695. The molecule has 23 heavy (non-hydrogen) atoms. The Morgan fingerprint density at radius 3 is 2.13 bits per heavy atom. The second-order valence-electron chi connectivity index (χ2n) is 5.39. The summed E-state index contributed by atoms with van der Waals surface area (Å²) in [7, 11) is 0. The summed E-state index contributed by atoms with van der Waals surface area (Å²) < 4.78 is 13.0. The van der Waals surface area contributed by atoms with Gasteiger partial charge in [0.2, 0.25) is 0 Å². The van der Waals surface area contributed by atoms with Crippen LogP contribution in [-0.2, 0) is 0 Å². The Morgan fingerprint density at radius 2 is 1.57 bits per heavy atom. The van der Waals surface area contributed by atoms with Crippen LogP contribution in [0.5, 0.6) is 0 Å². The zero-order valence-electron chi connectivity index (χ0n) is 12.5. The molecule has 0 saturated carbocycles. The lowest BCUT2D eigenvalue weighted by molar-refractivity contribution is 0.392. The minimum absolute atomic E-state index is 0.221. The molecule has 0 unspecified atom stereocenters. The van der Waals surface area contributed by atoms with E-state index in [1.54, 1.807) is 24.3 Å². The van der Waals surface area contributed by atoms with Crippen molar-refractivity contribution in [2.75, 3.05) is 31.1 Å². The van der Waals surface area contributed by atoms with Crippen molar-refractivity contribution in [2.24, 2.45) is 5.18 Å². The van der Waals surface area contributed by atoms with Crippen molar-refractivity contribution < 1.29 is 4.39 Å². The van der Waals surface area contributed by atoms with E-state index in [0.29, 0.717) is 5.69 Å². The third-order valence-electron chi connectivity index (χ3n) is 3.98. The van der Waals surface area contributed by atoms with E-state index in [1.807, 2.05) is 12.1 Å². The molecule has 1 heterocycles. The summed E-state index contributed by atoms with van der Waals surface area (Å²) in [5.41, 5.74) is 2.35. The lowest BCUT2D eigenvalue weighted by Crippen LogP contribution is -2.48. The van der Waals surface area contributed by atoms with Crippen LogP contribution in [0.3, 0.4) is 0 Å². The van der Waals surface area contributed by atoms with E-state index in [0.717, 1.165) is 42.4 Å². The van der Waals surface area contributed by atoms with Crippen molar-refractivity contribution in [2.45, 2.75) is 0 Å². The van der Waals surface area contributed by atoms with Crippen molar-refractivity contribution in [1.29, 1.82) is 0 Å². The molecule has 1 fully saturated rings. The number of rotatable bonds is 3. The molecule has 1 aliphatic heterocycles. The molecule has 3 rings (SSSR count). The van der Waals surface area contributed by atoms with Gasteiger partial charge in [-0.2, -0.15) is 0 Å². The topological polar surface area (TPSA) is 35.9 Å². The van der Waals surface area contributed by atoms with E-state index in [-0.39, 0.29) is 5.82 Å². The van der Waals surface area contributed by atoms with Gasteiger partial charge in [0.25, 0.3) is 0 Å². The number of piperazine rings is 1. The summed E-state index contributed by atoms with van der Waals surface area (Å²) in [6, 6.07) is 13.6. The molecule has 0 aromatic heterocycles. The van der Waals surface area contributed by atoms with E-state index in [1.165, 1.54) is 12.1 Å². The van der Waals surface area contributed by atoms with Crippen molar-refractivity contribution in [3.8, 4) is 0 Å². The molecule has 2 aromatic carbocycles. The Hall–Kier alpha value is -2.34. The van der Waals surface area contributed by atoms with Crippen LogP contribution < -0.4 is 4.90 Å². The van der Waals surface area contributed by atoms with Crippen molar-refractivity contribution in [1.82, 2.24) is 4.90 Å². The molecule has 0 radical (unpaired) electrons. The predicted molar refractivity (Wildman–Crippen MR) is 93.8 cm³/mol.